The van der Waals surface area contributed by atoms with E-state index in [-0.39, 0.29) is 0 Å². The highest BCUT2D eigenvalue weighted by molar-refractivity contribution is 5.42. The second kappa shape index (κ2) is 4.61. The number of aryl methyl sites for hydroxylation is 1. The monoisotopic (exact) mass is 254 g/mol. The van der Waals surface area contributed by atoms with E-state index in [1.807, 2.05) is 41.8 Å². The zero-order valence-corrected chi connectivity index (χ0v) is 10.6. The lowest BCUT2D eigenvalue weighted by atomic mass is 10.3. The molecule has 0 spiro atoms. The van der Waals surface area contributed by atoms with Gasteiger partial charge < -0.3 is 10.5 Å². The Bertz CT molecular complexity index is 703. The van der Waals surface area contributed by atoms with Crippen LogP contribution in [0.1, 0.15) is 11.4 Å². The fourth-order valence-electron chi connectivity index (χ4n) is 1.85. The summed E-state index contributed by atoms with van der Waals surface area (Å²) in [5.41, 5.74) is 8.33. The van der Waals surface area contributed by atoms with Crippen molar-refractivity contribution in [2.24, 2.45) is 0 Å². The number of ether oxygens (including phenoxy) is 1. The van der Waals surface area contributed by atoms with Crippen LogP contribution in [-0.4, -0.2) is 14.6 Å². The van der Waals surface area contributed by atoms with Crippen LogP contribution in [-0.2, 0) is 6.61 Å². The van der Waals surface area contributed by atoms with Crippen molar-refractivity contribution in [2.75, 3.05) is 5.73 Å². The topological polar surface area (TPSA) is 65.4 Å². The number of anilines is 1. The quantitative estimate of drug-likeness (QED) is 0.728. The maximum Gasteiger partial charge on any atom is 0.175 e. The summed E-state index contributed by atoms with van der Waals surface area (Å²) in [6, 6.07) is 11.3. The van der Waals surface area contributed by atoms with E-state index < -0.39 is 0 Å². The van der Waals surface area contributed by atoms with Gasteiger partial charge in [-0.2, -0.15) is 0 Å². The zero-order chi connectivity index (χ0) is 13.2. The summed E-state index contributed by atoms with van der Waals surface area (Å²) in [4.78, 5) is 0. The third-order valence-corrected chi connectivity index (χ3v) is 2.88. The first-order valence-corrected chi connectivity index (χ1v) is 6.01. The number of hydrogen-bond acceptors (Lipinski definition) is 4. The minimum Gasteiger partial charge on any atom is -0.486 e. The largest absolute Gasteiger partial charge is 0.486 e. The van der Waals surface area contributed by atoms with E-state index in [1.165, 1.54) is 0 Å². The molecule has 3 aromatic rings. The molecule has 5 heteroatoms. The highest BCUT2D eigenvalue weighted by atomic mass is 16.5. The Morgan fingerprint density at radius 2 is 1.95 bits per heavy atom. The Morgan fingerprint density at radius 3 is 2.74 bits per heavy atom. The molecule has 0 amide bonds. The van der Waals surface area contributed by atoms with Crippen LogP contribution in [0.15, 0.2) is 42.6 Å². The molecule has 96 valence electrons. The second-order valence-corrected chi connectivity index (χ2v) is 4.41. The minimum absolute atomic E-state index is 0.369. The molecule has 3 rings (SSSR count). The molecule has 2 aromatic heterocycles. The first-order chi connectivity index (χ1) is 9.22. The fourth-order valence-corrected chi connectivity index (χ4v) is 1.85. The second-order valence-electron chi connectivity index (χ2n) is 4.41. The van der Waals surface area contributed by atoms with Crippen molar-refractivity contribution in [2.45, 2.75) is 13.5 Å². The molecule has 0 aliphatic rings. The molecule has 0 saturated heterocycles. The number of aromatic nitrogens is 3. The van der Waals surface area contributed by atoms with E-state index in [2.05, 4.69) is 10.2 Å². The van der Waals surface area contributed by atoms with Crippen molar-refractivity contribution in [3.05, 3.63) is 54.0 Å². The van der Waals surface area contributed by atoms with Gasteiger partial charge >= 0.3 is 0 Å². The normalized spacial score (nSPS) is 10.8. The van der Waals surface area contributed by atoms with E-state index in [4.69, 9.17) is 10.5 Å². The summed E-state index contributed by atoms with van der Waals surface area (Å²) < 4.78 is 7.59. The Balaban J connectivity index is 1.80. The van der Waals surface area contributed by atoms with Crippen LogP contribution in [0.5, 0.6) is 5.75 Å². The molecule has 1 aromatic carbocycles. The van der Waals surface area contributed by atoms with Gasteiger partial charge in [0.1, 0.15) is 12.4 Å². The average Bonchev–Trinajstić information content (AvgIpc) is 2.80. The molecule has 0 bridgehead atoms. The van der Waals surface area contributed by atoms with Crippen molar-refractivity contribution in [3.63, 3.8) is 0 Å². The van der Waals surface area contributed by atoms with Gasteiger partial charge in [0.2, 0.25) is 0 Å². The number of pyridine rings is 1. The first-order valence-electron chi connectivity index (χ1n) is 6.01. The molecule has 19 heavy (non-hydrogen) atoms. The van der Waals surface area contributed by atoms with Crippen molar-refractivity contribution >= 4 is 11.3 Å². The summed E-state index contributed by atoms with van der Waals surface area (Å²) in [6.45, 7) is 2.40. The SMILES string of the molecule is Cc1ccn2c(COc3ccc(N)cc3)nnc2c1. The number of benzene rings is 1. The summed E-state index contributed by atoms with van der Waals surface area (Å²) in [7, 11) is 0. The van der Waals surface area contributed by atoms with Gasteiger partial charge in [0.05, 0.1) is 0 Å². The van der Waals surface area contributed by atoms with Gasteiger partial charge in [0.15, 0.2) is 11.5 Å². The molecular formula is C14H14N4O. The van der Waals surface area contributed by atoms with Crippen LogP contribution >= 0.6 is 0 Å². The van der Waals surface area contributed by atoms with E-state index >= 15 is 0 Å². The van der Waals surface area contributed by atoms with Crippen molar-refractivity contribution in [1.29, 1.82) is 0 Å². The molecule has 0 atom stereocenters. The molecule has 0 saturated carbocycles. The summed E-state index contributed by atoms with van der Waals surface area (Å²) in [5, 5.41) is 8.25. The summed E-state index contributed by atoms with van der Waals surface area (Å²) in [6.07, 6.45) is 1.95. The lowest BCUT2D eigenvalue weighted by Crippen LogP contribution is -2.01. The number of fused-ring (bicyclic) bond motifs is 1. The molecule has 5 nitrogen and oxygen atoms in total. The maximum atomic E-state index is 5.66. The Morgan fingerprint density at radius 1 is 1.16 bits per heavy atom. The van der Waals surface area contributed by atoms with E-state index in [9.17, 15) is 0 Å². The van der Waals surface area contributed by atoms with Crippen LogP contribution in [0.3, 0.4) is 0 Å². The van der Waals surface area contributed by atoms with Gasteiger partial charge in [-0.05, 0) is 48.9 Å². The van der Waals surface area contributed by atoms with Crippen LogP contribution in [0.2, 0.25) is 0 Å². The smallest absolute Gasteiger partial charge is 0.175 e. The molecule has 0 fully saturated rings. The number of rotatable bonds is 3. The first kappa shape index (κ1) is 11.5. The third-order valence-electron chi connectivity index (χ3n) is 2.88. The van der Waals surface area contributed by atoms with Crippen LogP contribution < -0.4 is 10.5 Å². The van der Waals surface area contributed by atoms with Gasteiger partial charge in [0, 0.05) is 11.9 Å². The Hall–Kier alpha value is -2.56. The van der Waals surface area contributed by atoms with Crippen LogP contribution in [0.4, 0.5) is 5.69 Å². The molecule has 0 radical (unpaired) electrons. The van der Waals surface area contributed by atoms with Gasteiger partial charge in [-0.25, -0.2) is 0 Å². The van der Waals surface area contributed by atoms with Gasteiger partial charge in [-0.1, -0.05) is 0 Å². The van der Waals surface area contributed by atoms with Crippen molar-refractivity contribution in [3.8, 4) is 5.75 Å². The number of nitrogens with zero attached hydrogens (tertiary/aromatic N) is 3. The highest BCUT2D eigenvalue weighted by Crippen LogP contribution is 2.15. The van der Waals surface area contributed by atoms with Crippen molar-refractivity contribution < 1.29 is 4.74 Å². The predicted octanol–water partition coefficient (Wildman–Crippen LogP) is 2.20. The van der Waals surface area contributed by atoms with E-state index in [0.717, 1.165) is 28.5 Å². The predicted molar refractivity (Wildman–Crippen MR) is 72.9 cm³/mol. The number of nitrogens with two attached hydrogens (primary N) is 1. The number of nitrogen functional groups attached to an aromatic ring is 1. The molecule has 2 N–H and O–H groups in total. The van der Waals surface area contributed by atoms with Gasteiger partial charge in [0.25, 0.3) is 0 Å². The molecule has 0 unspecified atom stereocenters. The fraction of sp³-hybridized carbons (Fsp3) is 0.143. The van der Waals surface area contributed by atoms with Crippen LogP contribution in [0, 0.1) is 6.92 Å². The van der Waals surface area contributed by atoms with Crippen LogP contribution in [0.25, 0.3) is 5.65 Å². The third kappa shape index (κ3) is 2.35. The molecule has 0 aliphatic carbocycles. The van der Waals surface area contributed by atoms with E-state index in [0.29, 0.717) is 6.61 Å². The van der Waals surface area contributed by atoms with Gasteiger partial charge in [-0.15, -0.1) is 10.2 Å². The molecule has 0 aliphatic heterocycles. The summed E-state index contributed by atoms with van der Waals surface area (Å²) >= 11 is 0. The zero-order valence-electron chi connectivity index (χ0n) is 10.6. The Labute approximate surface area is 110 Å². The lowest BCUT2D eigenvalue weighted by molar-refractivity contribution is 0.294. The lowest BCUT2D eigenvalue weighted by Gasteiger charge is -2.05. The molecule has 2 heterocycles. The van der Waals surface area contributed by atoms with Gasteiger partial charge in [-0.3, -0.25) is 4.40 Å². The van der Waals surface area contributed by atoms with Crippen molar-refractivity contribution in [1.82, 2.24) is 14.6 Å². The standard InChI is InChI=1S/C14H14N4O/c1-10-6-7-18-13(8-10)16-17-14(18)9-19-12-4-2-11(15)3-5-12/h2-8H,9,15H2,1H3. The highest BCUT2D eigenvalue weighted by Gasteiger charge is 2.05. The summed E-state index contributed by atoms with van der Waals surface area (Å²) in [5.74, 6) is 1.53. The number of hydrogen-bond donors (Lipinski definition) is 1. The average molecular weight is 254 g/mol. The minimum atomic E-state index is 0.369. The maximum absolute atomic E-state index is 5.66. The Kier molecular flexibility index (Phi) is 2.79. The molecular weight excluding hydrogens is 240 g/mol. The van der Waals surface area contributed by atoms with E-state index in [1.54, 1.807) is 12.1 Å².